The van der Waals surface area contributed by atoms with E-state index < -0.39 is 0 Å². The van der Waals surface area contributed by atoms with Gasteiger partial charge in [0.05, 0.1) is 16.1 Å². The Morgan fingerprint density at radius 1 is 1.27 bits per heavy atom. The van der Waals surface area contributed by atoms with Crippen LogP contribution in [0.2, 0.25) is 0 Å². The second kappa shape index (κ2) is 7.58. The van der Waals surface area contributed by atoms with Gasteiger partial charge in [-0.3, -0.25) is 0 Å². The van der Waals surface area contributed by atoms with E-state index in [1.807, 2.05) is 18.2 Å². The molecule has 0 N–H and O–H groups in total. The van der Waals surface area contributed by atoms with Crippen LogP contribution in [0.25, 0.3) is 11.6 Å². The SMILES string of the molecule is C=CCOc1ccc(C=C(C#N)c2ccc(F)cc2)cc1Br. The summed E-state index contributed by atoms with van der Waals surface area (Å²) in [6, 6.07) is 13.5. The molecule has 0 heterocycles. The molecule has 0 aromatic heterocycles. The highest BCUT2D eigenvalue weighted by molar-refractivity contribution is 9.10. The van der Waals surface area contributed by atoms with Gasteiger partial charge in [0.1, 0.15) is 18.2 Å². The van der Waals surface area contributed by atoms with Crippen LogP contribution in [0.15, 0.2) is 59.6 Å². The van der Waals surface area contributed by atoms with Gasteiger partial charge in [0.25, 0.3) is 0 Å². The minimum absolute atomic E-state index is 0.326. The predicted octanol–water partition coefficient (Wildman–Crippen LogP) is 5.22. The molecule has 2 aromatic rings. The second-order valence-electron chi connectivity index (χ2n) is 4.47. The third kappa shape index (κ3) is 4.06. The molecular weight excluding hydrogens is 345 g/mol. The van der Waals surface area contributed by atoms with Gasteiger partial charge in [-0.25, -0.2) is 4.39 Å². The Hall–Kier alpha value is -2.38. The molecule has 2 rings (SSSR count). The first-order chi connectivity index (χ1) is 10.6. The van der Waals surface area contributed by atoms with E-state index in [2.05, 4.69) is 28.6 Å². The minimum Gasteiger partial charge on any atom is -0.488 e. The quantitative estimate of drug-likeness (QED) is 0.417. The first kappa shape index (κ1) is 16.0. The van der Waals surface area contributed by atoms with Crippen LogP contribution in [-0.4, -0.2) is 6.61 Å². The molecule has 4 heteroatoms. The number of halogens is 2. The zero-order chi connectivity index (χ0) is 15.9. The van der Waals surface area contributed by atoms with Crippen molar-refractivity contribution in [2.45, 2.75) is 0 Å². The van der Waals surface area contributed by atoms with E-state index >= 15 is 0 Å². The highest BCUT2D eigenvalue weighted by Crippen LogP contribution is 2.28. The topological polar surface area (TPSA) is 33.0 Å². The maximum Gasteiger partial charge on any atom is 0.133 e. The minimum atomic E-state index is -0.326. The van der Waals surface area contributed by atoms with E-state index in [4.69, 9.17) is 4.74 Å². The summed E-state index contributed by atoms with van der Waals surface area (Å²) < 4.78 is 19.2. The van der Waals surface area contributed by atoms with E-state index in [-0.39, 0.29) is 5.82 Å². The normalized spacial score (nSPS) is 10.9. The fourth-order valence-corrected chi connectivity index (χ4v) is 2.36. The lowest BCUT2D eigenvalue weighted by Gasteiger charge is -2.07. The maximum absolute atomic E-state index is 13.0. The molecule has 22 heavy (non-hydrogen) atoms. The third-order valence-corrected chi connectivity index (χ3v) is 3.52. The van der Waals surface area contributed by atoms with Crippen molar-refractivity contribution in [3.8, 4) is 11.8 Å². The van der Waals surface area contributed by atoms with Crippen LogP contribution in [0.1, 0.15) is 11.1 Å². The summed E-state index contributed by atoms with van der Waals surface area (Å²) in [7, 11) is 0. The Labute approximate surface area is 137 Å². The van der Waals surface area contributed by atoms with Gasteiger partial charge >= 0.3 is 0 Å². The van der Waals surface area contributed by atoms with Gasteiger partial charge in [-0.2, -0.15) is 5.26 Å². The van der Waals surface area contributed by atoms with Crippen molar-refractivity contribution in [3.63, 3.8) is 0 Å². The summed E-state index contributed by atoms with van der Waals surface area (Å²) >= 11 is 3.43. The van der Waals surface area contributed by atoms with Gasteiger partial charge in [0.2, 0.25) is 0 Å². The Kier molecular flexibility index (Phi) is 5.51. The number of ether oxygens (including phenoxy) is 1. The standard InChI is InChI=1S/C18H13BrFNO/c1-2-9-22-18-8-3-13(11-17(18)19)10-15(12-21)14-4-6-16(20)7-5-14/h2-8,10-11H,1,9H2. The molecular formula is C18H13BrFNO. The average Bonchev–Trinajstić information content (AvgIpc) is 2.53. The monoisotopic (exact) mass is 357 g/mol. The number of hydrogen-bond donors (Lipinski definition) is 0. The maximum atomic E-state index is 13.0. The molecule has 110 valence electrons. The van der Waals surface area contributed by atoms with Gasteiger partial charge in [-0.15, -0.1) is 0 Å². The Bertz CT molecular complexity index is 745. The second-order valence-corrected chi connectivity index (χ2v) is 5.32. The molecule has 0 aliphatic heterocycles. The van der Waals surface area contributed by atoms with Gasteiger partial charge in [-0.1, -0.05) is 30.9 Å². The van der Waals surface area contributed by atoms with Gasteiger partial charge < -0.3 is 4.74 Å². The first-order valence-electron chi connectivity index (χ1n) is 6.55. The smallest absolute Gasteiger partial charge is 0.133 e. The van der Waals surface area contributed by atoms with Crippen molar-refractivity contribution in [1.82, 2.24) is 0 Å². The molecule has 0 saturated heterocycles. The van der Waals surface area contributed by atoms with Crippen LogP contribution in [-0.2, 0) is 0 Å². The average molecular weight is 358 g/mol. The summed E-state index contributed by atoms with van der Waals surface area (Å²) in [6.07, 6.45) is 3.41. The molecule has 0 amide bonds. The predicted molar refractivity (Wildman–Crippen MR) is 89.7 cm³/mol. The Morgan fingerprint density at radius 2 is 2.00 bits per heavy atom. The van der Waals surface area contributed by atoms with Gasteiger partial charge in [-0.05, 0) is 57.4 Å². The Morgan fingerprint density at radius 3 is 2.59 bits per heavy atom. The van der Waals surface area contributed by atoms with Crippen LogP contribution < -0.4 is 4.74 Å². The van der Waals surface area contributed by atoms with Crippen molar-refractivity contribution >= 4 is 27.6 Å². The van der Waals surface area contributed by atoms with E-state index in [1.54, 1.807) is 24.3 Å². The van der Waals surface area contributed by atoms with Crippen LogP contribution in [0.3, 0.4) is 0 Å². The first-order valence-corrected chi connectivity index (χ1v) is 7.34. The number of nitriles is 1. The van der Waals surface area contributed by atoms with E-state index in [1.165, 1.54) is 12.1 Å². The molecule has 0 spiro atoms. The van der Waals surface area contributed by atoms with Crippen molar-refractivity contribution in [2.75, 3.05) is 6.61 Å². The number of hydrogen-bond acceptors (Lipinski definition) is 2. The molecule has 0 aliphatic carbocycles. The largest absolute Gasteiger partial charge is 0.488 e. The highest BCUT2D eigenvalue weighted by Gasteiger charge is 2.04. The number of allylic oxidation sites excluding steroid dienone is 1. The number of nitrogens with zero attached hydrogens (tertiary/aromatic N) is 1. The number of rotatable bonds is 5. The van der Waals surface area contributed by atoms with Gasteiger partial charge in [0, 0.05) is 0 Å². The third-order valence-electron chi connectivity index (χ3n) is 2.90. The lowest BCUT2D eigenvalue weighted by Crippen LogP contribution is -1.93. The summed E-state index contributed by atoms with van der Waals surface area (Å²) in [4.78, 5) is 0. The fraction of sp³-hybridized carbons (Fsp3) is 0.0556. The highest BCUT2D eigenvalue weighted by atomic mass is 79.9. The molecule has 0 aliphatic rings. The molecule has 0 saturated carbocycles. The van der Waals surface area contributed by atoms with Crippen molar-refractivity contribution in [1.29, 1.82) is 5.26 Å². The molecule has 2 nitrogen and oxygen atoms in total. The molecule has 0 fully saturated rings. The van der Waals surface area contributed by atoms with Crippen LogP contribution in [0, 0.1) is 17.1 Å². The summed E-state index contributed by atoms with van der Waals surface area (Å²) in [5.41, 5.74) is 1.98. The summed E-state index contributed by atoms with van der Waals surface area (Å²) in [5.74, 6) is 0.379. The molecule has 0 atom stereocenters. The Balaban J connectivity index is 2.30. The number of benzene rings is 2. The molecule has 0 radical (unpaired) electrons. The summed E-state index contributed by atoms with van der Waals surface area (Å²) in [5, 5.41) is 9.29. The summed E-state index contributed by atoms with van der Waals surface area (Å²) in [6.45, 7) is 4.02. The lowest BCUT2D eigenvalue weighted by atomic mass is 10.0. The van der Waals surface area contributed by atoms with E-state index in [0.717, 1.165) is 10.0 Å². The molecule has 0 unspecified atom stereocenters. The fourth-order valence-electron chi connectivity index (χ4n) is 1.85. The molecule has 0 bridgehead atoms. The van der Waals surface area contributed by atoms with E-state index in [0.29, 0.717) is 23.5 Å². The van der Waals surface area contributed by atoms with Crippen molar-refractivity contribution in [2.24, 2.45) is 0 Å². The molecule has 2 aromatic carbocycles. The zero-order valence-corrected chi connectivity index (χ0v) is 13.3. The van der Waals surface area contributed by atoms with Gasteiger partial charge in [0.15, 0.2) is 0 Å². The zero-order valence-electron chi connectivity index (χ0n) is 11.7. The lowest BCUT2D eigenvalue weighted by molar-refractivity contribution is 0.361. The van der Waals surface area contributed by atoms with E-state index in [9.17, 15) is 9.65 Å². The van der Waals surface area contributed by atoms with Crippen LogP contribution in [0.5, 0.6) is 5.75 Å². The van der Waals surface area contributed by atoms with Crippen LogP contribution >= 0.6 is 15.9 Å². The van der Waals surface area contributed by atoms with Crippen molar-refractivity contribution in [3.05, 3.63) is 76.5 Å². The van der Waals surface area contributed by atoms with Crippen LogP contribution in [0.4, 0.5) is 4.39 Å². The van der Waals surface area contributed by atoms with Crippen molar-refractivity contribution < 1.29 is 9.13 Å².